The van der Waals surface area contributed by atoms with Crippen LogP contribution in [0.1, 0.15) is 59.8 Å². The molecule has 1 N–H and O–H groups in total. The van der Waals surface area contributed by atoms with Crippen molar-refractivity contribution in [2.45, 2.75) is 65.8 Å². The van der Waals surface area contributed by atoms with Gasteiger partial charge in [-0.15, -0.1) is 0 Å². The molecule has 80 valence electrons. The Labute approximate surface area is 84.3 Å². The molecule has 0 radical (unpaired) electrons. The molecule has 0 aliphatic carbocycles. The predicted octanol–water partition coefficient (Wildman–Crippen LogP) is 3.59. The maximum Gasteiger partial charge on any atom is 0.00618 e. The second-order valence-corrected chi connectivity index (χ2v) is 4.36. The molecule has 0 unspecified atom stereocenters. The van der Waals surface area contributed by atoms with Crippen LogP contribution in [0.2, 0.25) is 0 Å². The van der Waals surface area contributed by atoms with Gasteiger partial charge >= 0.3 is 0 Å². The Balaban J connectivity index is 3.14. The Hall–Kier alpha value is -0.0400. The van der Waals surface area contributed by atoms with Crippen LogP contribution in [-0.2, 0) is 0 Å². The summed E-state index contributed by atoms with van der Waals surface area (Å²) < 4.78 is 0. The van der Waals surface area contributed by atoms with Gasteiger partial charge in [0.1, 0.15) is 0 Å². The minimum Gasteiger partial charge on any atom is -0.314 e. The molecule has 13 heavy (non-hydrogen) atoms. The zero-order valence-corrected chi connectivity index (χ0v) is 9.90. The summed E-state index contributed by atoms with van der Waals surface area (Å²) in [5, 5.41) is 3.59. The Morgan fingerprint density at radius 3 is 2.08 bits per heavy atom. The maximum atomic E-state index is 3.59. The predicted molar refractivity (Wildman–Crippen MR) is 61.1 cm³/mol. The SMILES string of the molecule is CCC(CC)NCCCCC(C)C. The van der Waals surface area contributed by atoms with Crippen LogP contribution < -0.4 is 5.32 Å². The molecule has 0 rings (SSSR count). The van der Waals surface area contributed by atoms with Gasteiger partial charge < -0.3 is 5.32 Å². The maximum absolute atomic E-state index is 3.59. The summed E-state index contributed by atoms with van der Waals surface area (Å²) in [6.45, 7) is 10.3. The van der Waals surface area contributed by atoms with Gasteiger partial charge in [-0.1, -0.05) is 40.5 Å². The van der Waals surface area contributed by atoms with E-state index in [9.17, 15) is 0 Å². The highest BCUT2D eigenvalue weighted by Crippen LogP contribution is 2.05. The van der Waals surface area contributed by atoms with Crippen molar-refractivity contribution in [3.8, 4) is 0 Å². The Morgan fingerprint density at radius 1 is 1.00 bits per heavy atom. The monoisotopic (exact) mass is 185 g/mol. The fourth-order valence-corrected chi connectivity index (χ4v) is 1.56. The molecular weight excluding hydrogens is 158 g/mol. The second-order valence-electron chi connectivity index (χ2n) is 4.36. The van der Waals surface area contributed by atoms with E-state index in [0.29, 0.717) is 0 Å². The first-order chi connectivity index (χ1) is 6.20. The molecule has 0 fully saturated rings. The van der Waals surface area contributed by atoms with Crippen LogP contribution in [-0.4, -0.2) is 12.6 Å². The largest absolute Gasteiger partial charge is 0.314 e. The van der Waals surface area contributed by atoms with Gasteiger partial charge in [0.15, 0.2) is 0 Å². The highest BCUT2D eigenvalue weighted by atomic mass is 14.9. The molecule has 0 bridgehead atoms. The van der Waals surface area contributed by atoms with Crippen molar-refractivity contribution in [1.82, 2.24) is 5.32 Å². The summed E-state index contributed by atoms with van der Waals surface area (Å²) in [5.41, 5.74) is 0. The molecule has 0 aromatic rings. The van der Waals surface area contributed by atoms with Gasteiger partial charge in [-0.3, -0.25) is 0 Å². The summed E-state index contributed by atoms with van der Waals surface area (Å²) in [7, 11) is 0. The minimum absolute atomic E-state index is 0.749. The van der Waals surface area contributed by atoms with E-state index in [2.05, 4.69) is 33.0 Å². The lowest BCUT2D eigenvalue weighted by Crippen LogP contribution is -2.28. The molecule has 0 heterocycles. The molecule has 0 aliphatic heterocycles. The topological polar surface area (TPSA) is 12.0 Å². The third kappa shape index (κ3) is 8.29. The summed E-state index contributed by atoms with van der Waals surface area (Å²) in [6, 6.07) is 0.749. The zero-order valence-electron chi connectivity index (χ0n) is 9.90. The van der Waals surface area contributed by atoms with Crippen molar-refractivity contribution in [3.63, 3.8) is 0 Å². The van der Waals surface area contributed by atoms with Gasteiger partial charge in [-0.05, 0) is 31.7 Å². The van der Waals surface area contributed by atoms with Crippen LogP contribution in [0.3, 0.4) is 0 Å². The molecule has 0 spiro atoms. The van der Waals surface area contributed by atoms with Crippen LogP contribution >= 0.6 is 0 Å². The number of unbranched alkanes of at least 4 members (excludes halogenated alkanes) is 1. The van der Waals surface area contributed by atoms with Crippen LogP contribution in [0.4, 0.5) is 0 Å². The van der Waals surface area contributed by atoms with Crippen molar-refractivity contribution in [2.24, 2.45) is 5.92 Å². The van der Waals surface area contributed by atoms with Crippen molar-refractivity contribution >= 4 is 0 Å². The third-order valence-electron chi connectivity index (χ3n) is 2.63. The van der Waals surface area contributed by atoms with Crippen LogP contribution in [0.15, 0.2) is 0 Å². The summed E-state index contributed by atoms with van der Waals surface area (Å²) >= 11 is 0. The van der Waals surface area contributed by atoms with Gasteiger partial charge in [0.05, 0.1) is 0 Å². The average Bonchev–Trinajstić information content (AvgIpc) is 2.11. The Bertz CT molecular complexity index is 95.3. The zero-order chi connectivity index (χ0) is 10.1. The smallest absolute Gasteiger partial charge is 0.00618 e. The van der Waals surface area contributed by atoms with E-state index in [0.717, 1.165) is 12.0 Å². The van der Waals surface area contributed by atoms with E-state index in [1.807, 2.05) is 0 Å². The van der Waals surface area contributed by atoms with Gasteiger partial charge in [-0.2, -0.15) is 0 Å². The van der Waals surface area contributed by atoms with E-state index in [-0.39, 0.29) is 0 Å². The first kappa shape index (κ1) is 13.0. The number of rotatable bonds is 8. The summed E-state index contributed by atoms with van der Waals surface area (Å²) in [5.74, 6) is 0.869. The molecule has 1 nitrogen and oxygen atoms in total. The molecule has 0 aromatic heterocycles. The molecule has 0 aliphatic rings. The first-order valence-electron chi connectivity index (χ1n) is 5.94. The molecule has 0 aromatic carbocycles. The van der Waals surface area contributed by atoms with Crippen molar-refractivity contribution in [1.29, 1.82) is 0 Å². The molecular formula is C12H27N. The normalized spacial score (nSPS) is 11.5. The number of hydrogen-bond acceptors (Lipinski definition) is 1. The quantitative estimate of drug-likeness (QED) is 0.570. The molecule has 1 heteroatoms. The van der Waals surface area contributed by atoms with Crippen LogP contribution in [0, 0.1) is 5.92 Å². The van der Waals surface area contributed by atoms with Crippen molar-refractivity contribution < 1.29 is 0 Å². The van der Waals surface area contributed by atoms with Crippen LogP contribution in [0.25, 0.3) is 0 Å². The van der Waals surface area contributed by atoms with Crippen molar-refractivity contribution in [2.75, 3.05) is 6.54 Å². The van der Waals surface area contributed by atoms with Gasteiger partial charge in [0.2, 0.25) is 0 Å². The van der Waals surface area contributed by atoms with Gasteiger partial charge in [-0.25, -0.2) is 0 Å². The molecule has 0 amide bonds. The van der Waals surface area contributed by atoms with Gasteiger partial charge in [0.25, 0.3) is 0 Å². The number of nitrogens with one attached hydrogen (secondary N) is 1. The van der Waals surface area contributed by atoms with E-state index in [4.69, 9.17) is 0 Å². The lowest BCUT2D eigenvalue weighted by molar-refractivity contribution is 0.457. The first-order valence-corrected chi connectivity index (χ1v) is 5.94. The number of hydrogen-bond donors (Lipinski definition) is 1. The Kier molecular flexibility index (Phi) is 8.53. The lowest BCUT2D eigenvalue weighted by atomic mass is 10.1. The standard InChI is InChI=1S/C12H27N/c1-5-12(6-2)13-10-8-7-9-11(3)4/h11-13H,5-10H2,1-4H3. The second kappa shape index (κ2) is 8.55. The molecule has 0 saturated carbocycles. The molecule has 0 saturated heterocycles. The fourth-order valence-electron chi connectivity index (χ4n) is 1.56. The summed E-state index contributed by atoms with van der Waals surface area (Å²) in [6.07, 6.45) is 6.63. The van der Waals surface area contributed by atoms with Crippen LogP contribution in [0.5, 0.6) is 0 Å². The fraction of sp³-hybridized carbons (Fsp3) is 1.00. The third-order valence-corrected chi connectivity index (χ3v) is 2.63. The lowest BCUT2D eigenvalue weighted by Gasteiger charge is -2.14. The molecule has 0 atom stereocenters. The minimum atomic E-state index is 0.749. The van der Waals surface area contributed by atoms with Gasteiger partial charge in [0, 0.05) is 6.04 Å². The highest BCUT2D eigenvalue weighted by Gasteiger charge is 2.00. The summed E-state index contributed by atoms with van der Waals surface area (Å²) in [4.78, 5) is 0. The Morgan fingerprint density at radius 2 is 1.62 bits per heavy atom. The van der Waals surface area contributed by atoms with E-state index >= 15 is 0 Å². The average molecular weight is 185 g/mol. The van der Waals surface area contributed by atoms with E-state index in [1.54, 1.807) is 0 Å². The van der Waals surface area contributed by atoms with Crippen molar-refractivity contribution in [3.05, 3.63) is 0 Å². The highest BCUT2D eigenvalue weighted by molar-refractivity contribution is 4.61. The van der Waals surface area contributed by atoms with E-state index in [1.165, 1.54) is 38.6 Å². The van der Waals surface area contributed by atoms with E-state index < -0.39 is 0 Å².